The molecule has 1 fully saturated rings. The number of benzene rings is 1. The minimum absolute atomic E-state index is 0.577. The molecule has 0 saturated carbocycles. The summed E-state index contributed by atoms with van der Waals surface area (Å²) < 4.78 is 5.65. The molecule has 1 N–H and O–H groups in total. The highest BCUT2D eigenvalue weighted by molar-refractivity contribution is 6.35. The van der Waals surface area contributed by atoms with Crippen LogP contribution >= 0.6 is 23.2 Å². The van der Waals surface area contributed by atoms with Gasteiger partial charge < -0.3 is 10.1 Å². The van der Waals surface area contributed by atoms with Crippen molar-refractivity contribution < 1.29 is 4.74 Å². The van der Waals surface area contributed by atoms with Crippen LogP contribution in [-0.4, -0.2) is 19.7 Å². The van der Waals surface area contributed by atoms with E-state index in [4.69, 9.17) is 27.9 Å². The fraction of sp³-hybridized carbons (Fsp3) is 0.455. The highest BCUT2D eigenvalue weighted by Gasteiger charge is 2.15. The summed E-state index contributed by atoms with van der Waals surface area (Å²) in [6.45, 7) is 2.84. The van der Waals surface area contributed by atoms with E-state index in [2.05, 4.69) is 5.32 Å². The molecule has 2 rings (SSSR count). The zero-order valence-corrected chi connectivity index (χ0v) is 9.81. The number of halogens is 2. The average Bonchev–Trinajstić information content (AvgIpc) is 2.69. The fourth-order valence-corrected chi connectivity index (χ4v) is 2.12. The molecule has 1 saturated heterocycles. The molecule has 1 aliphatic heterocycles. The number of rotatable bonds is 3. The third-order valence-electron chi connectivity index (χ3n) is 2.53. The van der Waals surface area contributed by atoms with E-state index in [0.717, 1.165) is 13.1 Å². The topological polar surface area (TPSA) is 21.3 Å². The molecule has 0 bridgehead atoms. The molecular weight excluding hydrogens is 233 g/mol. The van der Waals surface area contributed by atoms with Crippen LogP contribution in [0, 0.1) is 5.92 Å². The number of hydrogen-bond donors (Lipinski definition) is 1. The van der Waals surface area contributed by atoms with Crippen LogP contribution in [0.2, 0.25) is 10.0 Å². The summed E-state index contributed by atoms with van der Waals surface area (Å²) in [4.78, 5) is 0. The fourth-order valence-electron chi connectivity index (χ4n) is 1.66. The lowest BCUT2D eigenvalue weighted by molar-refractivity contribution is 0.260. The molecule has 15 heavy (non-hydrogen) atoms. The molecule has 0 aromatic heterocycles. The van der Waals surface area contributed by atoms with Crippen molar-refractivity contribution in [1.29, 1.82) is 0 Å². The van der Waals surface area contributed by atoms with E-state index in [1.807, 2.05) is 6.07 Å². The molecule has 4 heteroatoms. The third kappa shape index (κ3) is 3.00. The highest BCUT2D eigenvalue weighted by Crippen LogP contribution is 2.28. The summed E-state index contributed by atoms with van der Waals surface area (Å²) in [7, 11) is 0. The van der Waals surface area contributed by atoms with Crippen molar-refractivity contribution in [3.63, 3.8) is 0 Å². The standard InChI is InChI=1S/C11H13Cl2NO/c12-9-1-2-11(10(13)5-9)15-7-8-3-4-14-6-8/h1-2,5,8,14H,3-4,6-7H2/t8-/m0/s1. The maximum atomic E-state index is 5.99. The Hall–Kier alpha value is -0.440. The van der Waals surface area contributed by atoms with Crippen molar-refractivity contribution in [3.8, 4) is 5.75 Å². The average molecular weight is 246 g/mol. The van der Waals surface area contributed by atoms with Gasteiger partial charge in [-0.1, -0.05) is 23.2 Å². The molecule has 1 aromatic rings. The van der Waals surface area contributed by atoms with Gasteiger partial charge in [0.15, 0.2) is 0 Å². The first kappa shape index (κ1) is 11.1. The van der Waals surface area contributed by atoms with Crippen molar-refractivity contribution in [2.75, 3.05) is 19.7 Å². The van der Waals surface area contributed by atoms with E-state index in [-0.39, 0.29) is 0 Å². The van der Waals surface area contributed by atoms with Crippen LogP contribution in [0.5, 0.6) is 5.75 Å². The van der Waals surface area contributed by atoms with Crippen LogP contribution in [-0.2, 0) is 0 Å². The van der Waals surface area contributed by atoms with Gasteiger partial charge in [0.2, 0.25) is 0 Å². The summed E-state index contributed by atoms with van der Waals surface area (Å²) >= 11 is 11.8. The van der Waals surface area contributed by atoms with Crippen molar-refractivity contribution in [3.05, 3.63) is 28.2 Å². The Labute approximate surface area is 99.5 Å². The molecule has 0 radical (unpaired) electrons. The smallest absolute Gasteiger partial charge is 0.137 e. The molecule has 0 spiro atoms. The Bertz CT molecular complexity index is 337. The highest BCUT2D eigenvalue weighted by atomic mass is 35.5. The van der Waals surface area contributed by atoms with Gasteiger partial charge in [-0.2, -0.15) is 0 Å². The van der Waals surface area contributed by atoms with E-state index < -0.39 is 0 Å². The second-order valence-corrected chi connectivity index (χ2v) is 4.59. The van der Waals surface area contributed by atoms with E-state index in [9.17, 15) is 0 Å². The van der Waals surface area contributed by atoms with Crippen LogP contribution in [0.3, 0.4) is 0 Å². The van der Waals surface area contributed by atoms with Crippen molar-refractivity contribution >= 4 is 23.2 Å². The predicted molar refractivity (Wildman–Crippen MR) is 62.9 cm³/mol. The molecule has 1 aliphatic rings. The molecule has 1 aromatic carbocycles. The zero-order chi connectivity index (χ0) is 10.7. The third-order valence-corrected chi connectivity index (χ3v) is 3.06. The summed E-state index contributed by atoms with van der Waals surface area (Å²) in [5, 5.41) is 4.51. The predicted octanol–water partition coefficient (Wildman–Crippen LogP) is 2.98. The van der Waals surface area contributed by atoms with Crippen LogP contribution in [0.25, 0.3) is 0 Å². The number of nitrogens with one attached hydrogen (secondary N) is 1. The summed E-state index contributed by atoms with van der Waals surface area (Å²) in [6, 6.07) is 5.30. The molecule has 82 valence electrons. The monoisotopic (exact) mass is 245 g/mol. The Morgan fingerprint density at radius 1 is 1.40 bits per heavy atom. The van der Waals surface area contributed by atoms with E-state index in [1.165, 1.54) is 6.42 Å². The first-order valence-electron chi connectivity index (χ1n) is 5.04. The molecule has 1 heterocycles. The molecular formula is C11H13Cl2NO. The van der Waals surface area contributed by atoms with Gasteiger partial charge in [-0.15, -0.1) is 0 Å². The number of ether oxygens (including phenoxy) is 1. The minimum Gasteiger partial charge on any atom is -0.492 e. The van der Waals surface area contributed by atoms with Crippen molar-refractivity contribution in [1.82, 2.24) is 5.32 Å². The van der Waals surface area contributed by atoms with Gasteiger partial charge in [0.1, 0.15) is 5.75 Å². The minimum atomic E-state index is 0.577. The van der Waals surface area contributed by atoms with E-state index >= 15 is 0 Å². The lowest BCUT2D eigenvalue weighted by Gasteiger charge is -2.11. The van der Waals surface area contributed by atoms with Gasteiger partial charge in [-0.3, -0.25) is 0 Å². The number of hydrogen-bond acceptors (Lipinski definition) is 2. The molecule has 0 unspecified atom stereocenters. The van der Waals surface area contributed by atoms with Crippen molar-refractivity contribution in [2.45, 2.75) is 6.42 Å². The van der Waals surface area contributed by atoms with Gasteiger partial charge in [0.25, 0.3) is 0 Å². The summed E-state index contributed by atoms with van der Waals surface area (Å²) in [5.74, 6) is 1.31. The quantitative estimate of drug-likeness (QED) is 0.885. The normalized spacial score (nSPS) is 20.5. The van der Waals surface area contributed by atoms with Crippen LogP contribution in [0.4, 0.5) is 0 Å². The lowest BCUT2D eigenvalue weighted by atomic mass is 10.1. The molecule has 2 nitrogen and oxygen atoms in total. The Morgan fingerprint density at radius 3 is 2.93 bits per heavy atom. The van der Waals surface area contributed by atoms with Gasteiger partial charge in [-0.05, 0) is 31.2 Å². The first-order valence-corrected chi connectivity index (χ1v) is 5.80. The maximum absolute atomic E-state index is 5.99. The van der Waals surface area contributed by atoms with E-state index in [0.29, 0.717) is 28.3 Å². The summed E-state index contributed by atoms with van der Waals surface area (Å²) in [6.07, 6.45) is 1.17. The molecule has 0 aliphatic carbocycles. The lowest BCUT2D eigenvalue weighted by Crippen LogP contribution is -2.15. The Kier molecular flexibility index (Phi) is 3.73. The van der Waals surface area contributed by atoms with Crippen molar-refractivity contribution in [2.24, 2.45) is 5.92 Å². The van der Waals surface area contributed by atoms with Gasteiger partial charge in [0, 0.05) is 17.5 Å². The molecule has 0 amide bonds. The van der Waals surface area contributed by atoms with Crippen LogP contribution < -0.4 is 10.1 Å². The van der Waals surface area contributed by atoms with Gasteiger partial charge in [-0.25, -0.2) is 0 Å². The molecule has 1 atom stereocenters. The first-order chi connectivity index (χ1) is 7.25. The van der Waals surface area contributed by atoms with Crippen LogP contribution in [0.1, 0.15) is 6.42 Å². The zero-order valence-electron chi connectivity index (χ0n) is 8.30. The van der Waals surface area contributed by atoms with Gasteiger partial charge >= 0.3 is 0 Å². The van der Waals surface area contributed by atoms with Crippen LogP contribution in [0.15, 0.2) is 18.2 Å². The van der Waals surface area contributed by atoms with E-state index in [1.54, 1.807) is 12.1 Å². The Morgan fingerprint density at radius 2 is 2.27 bits per heavy atom. The van der Waals surface area contributed by atoms with Gasteiger partial charge in [0.05, 0.1) is 11.6 Å². The Balaban J connectivity index is 1.92. The second-order valence-electron chi connectivity index (χ2n) is 3.74. The largest absolute Gasteiger partial charge is 0.492 e. The second kappa shape index (κ2) is 5.06. The SMILES string of the molecule is Clc1ccc(OC[C@H]2CCNC2)c(Cl)c1. The maximum Gasteiger partial charge on any atom is 0.137 e. The summed E-state index contributed by atoms with van der Waals surface area (Å²) in [5.41, 5.74) is 0.